The van der Waals surface area contributed by atoms with E-state index < -0.39 is 27.7 Å². The fourth-order valence-corrected chi connectivity index (χ4v) is 4.13. The number of hydrogen-bond donors (Lipinski definition) is 2. The lowest BCUT2D eigenvalue weighted by Crippen LogP contribution is -2.39. The molecule has 0 fully saturated rings. The highest BCUT2D eigenvalue weighted by Crippen LogP contribution is 2.45. The molecule has 0 saturated heterocycles. The molecule has 0 radical (unpaired) electrons. The molecule has 1 amide bonds. The Labute approximate surface area is 150 Å². The van der Waals surface area contributed by atoms with Gasteiger partial charge >= 0.3 is 0 Å². The van der Waals surface area contributed by atoms with Gasteiger partial charge in [0.1, 0.15) is 12.0 Å². The van der Waals surface area contributed by atoms with E-state index in [2.05, 4.69) is 32.2 Å². The summed E-state index contributed by atoms with van der Waals surface area (Å²) in [6, 6.07) is 6.45. The van der Waals surface area contributed by atoms with Crippen LogP contribution in [0.1, 0.15) is 39.2 Å². The van der Waals surface area contributed by atoms with Crippen LogP contribution in [0.15, 0.2) is 40.8 Å². The topological polar surface area (TPSA) is 83.5 Å². The van der Waals surface area contributed by atoms with Crippen molar-refractivity contribution in [1.29, 1.82) is 0 Å². The molecule has 2 N–H and O–H groups in total. The smallest absolute Gasteiger partial charge is 0.249 e. The molecule has 25 heavy (non-hydrogen) atoms. The minimum Gasteiger partial charge on any atom is -0.383 e. The number of aryl methyl sites for hydroxylation is 1. The van der Waals surface area contributed by atoms with Gasteiger partial charge in [0.2, 0.25) is 5.91 Å². The van der Waals surface area contributed by atoms with Crippen LogP contribution in [0.3, 0.4) is 0 Å². The average molecular weight is 365 g/mol. The van der Waals surface area contributed by atoms with Gasteiger partial charge in [-0.1, -0.05) is 43.2 Å². The molecule has 2 atom stereocenters. The van der Waals surface area contributed by atoms with Gasteiger partial charge in [-0.2, -0.15) is 0 Å². The second-order valence-corrected chi connectivity index (χ2v) is 9.40. The summed E-state index contributed by atoms with van der Waals surface area (Å²) in [7, 11) is -3.62. The van der Waals surface area contributed by atoms with Crippen molar-refractivity contribution in [3.8, 4) is 0 Å². The summed E-state index contributed by atoms with van der Waals surface area (Å²) in [5, 5.41) is 12.5. The van der Waals surface area contributed by atoms with E-state index in [0.29, 0.717) is 6.42 Å². The minimum atomic E-state index is -3.62. The third-order valence-electron chi connectivity index (χ3n) is 5.37. The number of aliphatic hydroxyl groups excluding tert-OH is 1. The number of rotatable bonds is 6. The Morgan fingerprint density at radius 3 is 2.40 bits per heavy atom. The van der Waals surface area contributed by atoms with Gasteiger partial charge in [0.05, 0.1) is 4.90 Å². The van der Waals surface area contributed by atoms with Crippen molar-refractivity contribution in [1.82, 2.24) is 5.32 Å². The van der Waals surface area contributed by atoms with Crippen molar-refractivity contribution in [3.63, 3.8) is 0 Å². The van der Waals surface area contributed by atoms with Gasteiger partial charge in [-0.25, -0.2) is 8.42 Å². The van der Waals surface area contributed by atoms with E-state index in [1.54, 1.807) is 12.1 Å². The van der Waals surface area contributed by atoms with E-state index in [1.807, 2.05) is 6.92 Å². The number of benzene rings is 1. The van der Waals surface area contributed by atoms with Crippen molar-refractivity contribution in [2.45, 2.75) is 51.5 Å². The molecule has 0 saturated carbocycles. The SMILES string of the molecule is CC1=CCC(CC(O)C(=O)NCS(=O)(=O)c2ccc(C)cc2)C1(C)C. The van der Waals surface area contributed by atoms with Gasteiger partial charge in [0.25, 0.3) is 0 Å². The van der Waals surface area contributed by atoms with Crippen molar-refractivity contribution >= 4 is 15.7 Å². The molecular formula is C19H27NO4S. The normalized spacial score (nSPS) is 20.8. The fourth-order valence-electron chi connectivity index (χ4n) is 3.08. The summed E-state index contributed by atoms with van der Waals surface area (Å²) in [5.41, 5.74) is 2.16. The highest BCUT2D eigenvalue weighted by atomic mass is 32.2. The molecule has 138 valence electrons. The van der Waals surface area contributed by atoms with E-state index in [1.165, 1.54) is 17.7 Å². The van der Waals surface area contributed by atoms with Crippen molar-refractivity contribution in [2.24, 2.45) is 11.3 Å². The second-order valence-electron chi connectivity index (χ2n) is 7.41. The van der Waals surface area contributed by atoms with E-state index in [0.717, 1.165) is 12.0 Å². The number of allylic oxidation sites excluding steroid dienone is 2. The average Bonchev–Trinajstić information content (AvgIpc) is 2.79. The lowest BCUT2D eigenvalue weighted by atomic mass is 9.75. The number of hydrogen-bond acceptors (Lipinski definition) is 4. The fraction of sp³-hybridized carbons (Fsp3) is 0.526. The molecule has 0 aliphatic heterocycles. The number of aliphatic hydroxyl groups is 1. The number of carbonyl (C=O) groups is 1. The van der Waals surface area contributed by atoms with E-state index >= 15 is 0 Å². The molecule has 0 spiro atoms. The highest BCUT2D eigenvalue weighted by molar-refractivity contribution is 7.91. The molecule has 1 aliphatic carbocycles. The molecule has 0 bridgehead atoms. The zero-order valence-electron chi connectivity index (χ0n) is 15.2. The summed E-state index contributed by atoms with van der Waals surface area (Å²) in [6.45, 7) is 8.13. The van der Waals surface area contributed by atoms with Crippen molar-refractivity contribution < 1.29 is 18.3 Å². The van der Waals surface area contributed by atoms with Crippen LogP contribution < -0.4 is 5.32 Å². The summed E-state index contributed by atoms with van der Waals surface area (Å²) < 4.78 is 24.5. The Balaban J connectivity index is 1.92. The molecule has 2 rings (SSSR count). The van der Waals surface area contributed by atoms with E-state index in [4.69, 9.17) is 0 Å². The highest BCUT2D eigenvalue weighted by Gasteiger charge is 2.37. The second kappa shape index (κ2) is 7.30. The lowest BCUT2D eigenvalue weighted by Gasteiger charge is -2.30. The Morgan fingerprint density at radius 1 is 1.28 bits per heavy atom. The molecular weight excluding hydrogens is 338 g/mol. The molecule has 1 aromatic carbocycles. The van der Waals surface area contributed by atoms with Gasteiger partial charge < -0.3 is 10.4 Å². The van der Waals surface area contributed by atoms with Crippen LogP contribution in [-0.4, -0.2) is 31.4 Å². The summed E-state index contributed by atoms with van der Waals surface area (Å²) in [6.07, 6.45) is 2.07. The monoisotopic (exact) mass is 365 g/mol. The first-order valence-electron chi connectivity index (χ1n) is 8.46. The zero-order chi connectivity index (χ0) is 18.8. The standard InChI is InChI=1S/C19H27NO4S/c1-13-5-9-16(10-6-13)25(23,24)12-20-18(22)17(21)11-15-8-7-14(2)19(15,3)4/h5-7,9-10,15,17,21H,8,11-12H2,1-4H3,(H,20,22). The largest absolute Gasteiger partial charge is 0.383 e. The quantitative estimate of drug-likeness (QED) is 0.759. The Hall–Kier alpha value is -1.66. The summed E-state index contributed by atoms with van der Waals surface area (Å²) >= 11 is 0. The Kier molecular flexibility index (Phi) is 5.74. The molecule has 0 aromatic heterocycles. The Bertz CT molecular complexity index is 763. The van der Waals surface area contributed by atoms with Crippen LogP contribution >= 0.6 is 0 Å². The van der Waals surface area contributed by atoms with Crippen LogP contribution in [0.25, 0.3) is 0 Å². The predicted molar refractivity (Wildman–Crippen MR) is 97.6 cm³/mol. The number of carbonyl (C=O) groups excluding carboxylic acids is 1. The van der Waals surface area contributed by atoms with Gasteiger partial charge in [-0.15, -0.1) is 0 Å². The number of sulfone groups is 1. The molecule has 5 nitrogen and oxygen atoms in total. The van der Waals surface area contributed by atoms with Crippen LogP contribution in [0, 0.1) is 18.3 Å². The molecule has 1 aromatic rings. The molecule has 2 unspecified atom stereocenters. The van der Waals surface area contributed by atoms with Gasteiger partial charge in [-0.3, -0.25) is 4.79 Å². The van der Waals surface area contributed by atoms with Crippen molar-refractivity contribution in [2.75, 3.05) is 5.88 Å². The lowest BCUT2D eigenvalue weighted by molar-refractivity contribution is -0.130. The molecule has 6 heteroatoms. The number of amides is 1. The third kappa shape index (κ3) is 4.50. The molecule has 1 aliphatic rings. The predicted octanol–water partition coefficient (Wildman–Crippen LogP) is 2.59. The van der Waals surface area contributed by atoms with Crippen LogP contribution in [0.5, 0.6) is 0 Å². The van der Waals surface area contributed by atoms with Gasteiger partial charge in [0, 0.05) is 0 Å². The van der Waals surface area contributed by atoms with E-state index in [9.17, 15) is 18.3 Å². The van der Waals surface area contributed by atoms with E-state index in [-0.39, 0.29) is 16.2 Å². The first kappa shape index (κ1) is 19.7. The summed E-state index contributed by atoms with van der Waals surface area (Å²) in [4.78, 5) is 12.3. The maximum atomic E-state index is 12.3. The third-order valence-corrected chi connectivity index (χ3v) is 6.89. The Morgan fingerprint density at radius 2 is 1.88 bits per heavy atom. The van der Waals surface area contributed by atoms with Crippen LogP contribution in [-0.2, 0) is 14.6 Å². The number of nitrogens with one attached hydrogen (secondary N) is 1. The molecule has 0 heterocycles. The van der Waals surface area contributed by atoms with Gasteiger partial charge in [-0.05, 0) is 50.2 Å². The van der Waals surface area contributed by atoms with Crippen LogP contribution in [0.2, 0.25) is 0 Å². The van der Waals surface area contributed by atoms with Crippen molar-refractivity contribution in [3.05, 3.63) is 41.5 Å². The first-order valence-corrected chi connectivity index (χ1v) is 10.1. The summed E-state index contributed by atoms with van der Waals surface area (Å²) in [5.74, 6) is -0.991. The van der Waals surface area contributed by atoms with Gasteiger partial charge in [0.15, 0.2) is 9.84 Å². The maximum Gasteiger partial charge on any atom is 0.249 e. The van der Waals surface area contributed by atoms with Crippen LogP contribution in [0.4, 0.5) is 0 Å². The minimum absolute atomic E-state index is 0.0603. The first-order chi connectivity index (χ1) is 11.5. The maximum absolute atomic E-state index is 12.3. The zero-order valence-corrected chi connectivity index (χ0v) is 16.1.